The molecule has 0 fully saturated rings. The van der Waals surface area contributed by atoms with Crippen LogP contribution in [0.5, 0.6) is 0 Å². The molecule has 0 heterocycles. The van der Waals surface area contributed by atoms with E-state index in [0.29, 0.717) is 0 Å². The Labute approximate surface area is 78.6 Å². The van der Waals surface area contributed by atoms with Crippen molar-refractivity contribution in [3.8, 4) is 0 Å². The molecule has 15 heavy (non-hydrogen) atoms. The second kappa shape index (κ2) is 3.92. The molecule has 82 valence electrons. The quantitative estimate of drug-likeness (QED) is 0.392. The van der Waals surface area contributed by atoms with Gasteiger partial charge in [-0.05, 0) is 0 Å². The maximum absolute atomic E-state index is 12.7. The minimum atomic E-state index is -2.57. The Bertz CT molecular complexity index is 402. The van der Waals surface area contributed by atoms with Crippen molar-refractivity contribution in [2.24, 2.45) is 0 Å². The van der Waals surface area contributed by atoms with Crippen molar-refractivity contribution < 1.29 is 30.7 Å². The maximum atomic E-state index is 12.7. The van der Waals surface area contributed by atoms with Crippen LogP contribution in [0.4, 0.5) is 30.7 Å². The van der Waals surface area contributed by atoms with Crippen LogP contribution in [0.3, 0.4) is 0 Å². The molecule has 0 spiro atoms. The van der Waals surface area contributed by atoms with E-state index >= 15 is 0 Å². The first-order chi connectivity index (χ1) is 6.86. The van der Waals surface area contributed by atoms with E-state index in [1.165, 1.54) is 0 Å². The van der Waals surface area contributed by atoms with Crippen molar-refractivity contribution in [2.45, 2.75) is 0 Å². The molecule has 0 saturated carbocycles. The van der Waals surface area contributed by atoms with Gasteiger partial charge in [0.1, 0.15) is 0 Å². The third-order valence-electron chi connectivity index (χ3n) is 1.50. The zero-order valence-corrected chi connectivity index (χ0v) is 6.72. The van der Waals surface area contributed by atoms with Crippen molar-refractivity contribution in [3.63, 3.8) is 0 Å². The normalized spacial score (nSPS) is 10.3. The van der Waals surface area contributed by atoms with Gasteiger partial charge in [-0.25, -0.2) is 22.0 Å². The van der Waals surface area contributed by atoms with Crippen molar-refractivity contribution in [1.29, 1.82) is 0 Å². The van der Waals surface area contributed by atoms with Crippen molar-refractivity contribution in [2.75, 3.05) is 0 Å². The Hall–Kier alpha value is -1.53. The fraction of sp³-hybridized carbons (Fsp3) is 0. The molecule has 0 N–H and O–H groups in total. The number of hydrogen-bond acceptors (Lipinski definition) is 0. The molecule has 0 amide bonds. The van der Waals surface area contributed by atoms with Crippen LogP contribution in [-0.2, 0) is 0 Å². The number of rotatable bonds is 1. The molecule has 0 aliphatic rings. The lowest BCUT2D eigenvalue weighted by atomic mass is 10.1. The molecule has 0 atom stereocenters. The van der Waals surface area contributed by atoms with Crippen LogP contribution < -0.4 is 0 Å². The van der Waals surface area contributed by atoms with E-state index in [1.54, 1.807) is 0 Å². The van der Waals surface area contributed by atoms with E-state index in [0.717, 1.165) is 0 Å². The van der Waals surface area contributed by atoms with Gasteiger partial charge in [-0.3, -0.25) is 0 Å². The SMILES string of the molecule is FC(F)=Cc1c(F)c(F)c(F)c(F)c1F. The summed E-state index contributed by atoms with van der Waals surface area (Å²) in [6.07, 6.45) is -3.01. The summed E-state index contributed by atoms with van der Waals surface area (Å²) < 4.78 is 85.8. The lowest BCUT2D eigenvalue weighted by Crippen LogP contribution is -2.03. The molecule has 0 bridgehead atoms. The van der Waals surface area contributed by atoms with Crippen molar-refractivity contribution >= 4 is 6.08 Å². The average Bonchev–Trinajstić information content (AvgIpc) is 2.18. The molecule has 1 aromatic rings. The monoisotopic (exact) mass is 230 g/mol. The van der Waals surface area contributed by atoms with E-state index in [2.05, 4.69) is 0 Å². The molecule has 7 heteroatoms. The summed E-state index contributed by atoms with van der Waals surface area (Å²) in [5.41, 5.74) is -1.66. The fourth-order valence-electron chi connectivity index (χ4n) is 0.858. The summed E-state index contributed by atoms with van der Waals surface area (Å²) in [5, 5.41) is 0. The van der Waals surface area contributed by atoms with Crippen LogP contribution in [0.25, 0.3) is 6.08 Å². The number of benzene rings is 1. The van der Waals surface area contributed by atoms with Gasteiger partial charge in [-0.15, -0.1) is 0 Å². The first-order valence-electron chi connectivity index (χ1n) is 3.40. The Balaban J connectivity index is 3.60. The van der Waals surface area contributed by atoms with Gasteiger partial charge in [-0.2, -0.15) is 8.78 Å². The molecule has 1 aromatic carbocycles. The van der Waals surface area contributed by atoms with Crippen LogP contribution in [-0.4, -0.2) is 0 Å². The predicted molar refractivity (Wildman–Crippen MR) is 36.4 cm³/mol. The predicted octanol–water partition coefficient (Wildman–Crippen LogP) is 3.62. The second-order valence-electron chi connectivity index (χ2n) is 2.42. The number of hydrogen-bond donors (Lipinski definition) is 0. The van der Waals surface area contributed by atoms with E-state index in [4.69, 9.17) is 0 Å². The molecular formula is C8HF7. The standard InChI is InChI=1S/C8HF7/c9-3(10)1-2-4(11)6(13)8(15)7(14)5(2)12/h1H. The second-order valence-corrected chi connectivity index (χ2v) is 2.42. The van der Waals surface area contributed by atoms with Gasteiger partial charge in [0.15, 0.2) is 23.3 Å². The zero-order valence-electron chi connectivity index (χ0n) is 6.72. The summed E-state index contributed by atoms with van der Waals surface area (Å²) in [6.45, 7) is 0. The Kier molecular flexibility index (Phi) is 3.01. The molecule has 0 aromatic heterocycles. The summed E-state index contributed by atoms with van der Waals surface area (Å²) in [7, 11) is 0. The molecule has 0 radical (unpaired) electrons. The van der Waals surface area contributed by atoms with Crippen LogP contribution in [0.15, 0.2) is 6.08 Å². The summed E-state index contributed by atoms with van der Waals surface area (Å²) in [6, 6.07) is 0. The highest BCUT2D eigenvalue weighted by Gasteiger charge is 2.24. The van der Waals surface area contributed by atoms with Gasteiger partial charge < -0.3 is 0 Å². The summed E-state index contributed by atoms with van der Waals surface area (Å²) in [5.74, 6) is -11.5. The molecule has 0 nitrogen and oxygen atoms in total. The smallest absolute Gasteiger partial charge is 0.203 e. The van der Waals surface area contributed by atoms with E-state index in [1.807, 2.05) is 0 Å². The molecule has 0 unspecified atom stereocenters. The summed E-state index contributed by atoms with van der Waals surface area (Å²) in [4.78, 5) is 0. The largest absolute Gasteiger partial charge is 0.271 e. The van der Waals surface area contributed by atoms with Crippen molar-refractivity contribution in [3.05, 3.63) is 40.7 Å². The highest BCUT2D eigenvalue weighted by Crippen LogP contribution is 2.25. The Morgan fingerprint density at radius 3 is 1.33 bits per heavy atom. The van der Waals surface area contributed by atoms with Gasteiger partial charge in [0.2, 0.25) is 5.82 Å². The highest BCUT2D eigenvalue weighted by molar-refractivity contribution is 5.52. The van der Waals surface area contributed by atoms with Gasteiger partial charge in [0.25, 0.3) is 6.08 Å². The van der Waals surface area contributed by atoms with Gasteiger partial charge >= 0.3 is 0 Å². The molecule has 1 rings (SSSR count). The van der Waals surface area contributed by atoms with Gasteiger partial charge in [-0.1, -0.05) is 0 Å². The van der Waals surface area contributed by atoms with E-state index in [-0.39, 0.29) is 0 Å². The van der Waals surface area contributed by atoms with E-state index in [9.17, 15) is 30.7 Å². The minimum Gasteiger partial charge on any atom is -0.203 e. The Morgan fingerprint density at radius 1 is 0.667 bits per heavy atom. The lowest BCUT2D eigenvalue weighted by molar-refractivity contribution is 0.375. The first-order valence-corrected chi connectivity index (χ1v) is 3.40. The molecular weight excluding hydrogens is 229 g/mol. The third-order valence-corrected chi connectivity index (χ3v) is 1.50. The van der Waals surface area contributed by atoms with Crippen LogP contribution >= 0.6 is 0 Å². The van der Waals surface area contributed by atoms with Gasteiger partial charge in [0.05, 0.1) is 5.56 Å². The Morgan fingerprint density at radius 2 is 1.00 bits per heavy atom. The first kappa shape index (κ1) is 11.5. The van der Waals surface area contributed by atoms with Gasteiger partial charge in [0, 0.05) is 6.08 Å². The van der Waals surface area contributed by atoms with Crippen LogP contribution in [0, 0.1) is 29.1 Å². The van der Waals surface area contributed by atoms with Crippen LogP contribution in [0.2, 0.25) is 0 Å². The van der Waals surface area contributed by atoms with Crippen LogP contribution in [0.1, 0.15) is 5.56 Å². The highest BCUT2D eigenvalue weighted by atomic mass is 19.3. The van der Waals surface area contributed by atoms with Crippen molar-refractivity contribution in [1.82, 2.24) is 0 Å². The average molecular weight is 230 g/mol. The lowest BCUT2D eigenvalue weighted by Gasteiger charge is -2.03. The molecule has 0 aliphatic carbocycles. The third kappa shape index (κ3) is 1.95. The zero-order chi connectivity index (χ0) is 11.7. The maximum Gasteiger partial charge on any atom is 0.271 e. The fourth-order valence-corrected chi connectivity index (χ4v) is 0.858. The number of halogens is 7. The molecule has 0 aliphatic heterocycles. The summed E-state index contributed by atoms with van der Waals surface area (Å²) >= 11 is 0. The topological polar surface area (TPSA) is 0 Å². The minimum absolute atomic E-state index is 0.434. The van der Waals surface area contributed by atoms with E-state index < -0.39 is 46.8 Å². The molecule has 0 saturated heterocycles.